The maximum absolute atomic E-state index is 11.5. The van der Waals surface area contributed by atoms with Crippen LogP contribution in [0.4, 0.5) is 0 Å². The van der Waals surface area contributed by atoms with E-state index in [0.29, 0.717) is 5.57 Å². The fourth-order valence-electron chi connectivity index (χ4n) is 1.24. The Labute approximate surface area is 90.2 Å². The van der Waals surface area contributed by atoms with Crippen LogP contribution in [0.1, 0.15) is 13.8 Å². The number of rotatable bonds is 3. The van der Waals surface area contributed by atoms with E-state index in [0.717, 1.165) is 0 Å². The second-order valence-electron chi connectivity index (χ2n) is 4.12. The van der Waals surface area contributed by atoms with Crippen molar-refractivity contribution >= 4 is 5.91 Å². The molecule has 0 atom stereocenters. The molecule has 1 amide bonds. The monoisotopic (exact) mass is 207 g/mol. The molecular formula is C12H17NO2. The third-order valence-corrected chi connectivity index (χ3v) is 2.15. The number of aliphatic hydroxyl groups is 1. The number of aliphatic hydroxyl groups excluding tert-OH is 1. The standard InChI is InChI=1S/C12H17NO2/c1-12(2)6-3-4-10(5-7-12)11(15)13-8-9-14/h3-7,14H,8-9H2,1-2H3,(H,13,15). The van der Waals surface area contributed by atoms with Crippen molar-refractivity contribution < 1.29 is 9.90 Å². The molecule has 0 saturated heterocycles. The Morgan fingerprint density at radius 3 is 2.87 bits per heavy atom. The largest absolute Gasteiger partial charge is 0.395 e. The maximum Gasteiger partial charge on any atom is 0.251 e. The summed E-state index contributed by atoms with van der Waals surface area (Å²) in [6, 6.07) is 0. The molecular weight excluding hydrogens is 190 g/mol. The summed E-state index contributed by atoms with van der Waals surface area (Å²) in [5.41, 5.74) is 0.598. The average Bonchev–Trinajstić information content (AvgIpc) is 2.36. The molecule has 0 fully saturated rings. The van der Waals surface area contributed by atoms with E-state index < -0.39 is 0 Å². The van der Waals surface area contributed by atoms with Crippen molar-refractivity contribution in [2.24, 2.45) is 5.41 Å². The highest BCUT2D eigenvalue weighted by Gasteiger charge is 2.13. The van der Waals surface area contributed by atoms with Crippen molar-refractivity contribution in [3.05, 3.63) is 36.0 Å². The van der Waals surface area contributed by atoms with Gasteiger partial charge >= 0.3 is 0 Å². The van der Waals surface area contributed by atoms with Gasteiger partial charge in [0.2, 0.25) is 0 Å². The summed E-state index contributed by atoms with van der Waals surface area (Å²) < 4.78 is 0. The van der Waals surface area contributed by atoms with Gasteiger partial charge in [0.1, 0.15) is 0 Å². The van der Waals surface area contributed by atoms with Crippen LogP contribution in [0, 0.1) is 5.41 Å². The van der Waals surface area contributed by atoms with E-state index in [4.69, 9.17) is 5.11 Å². The van der Waals surface area contributed by atoms with Gasteiger partial charge in [0, 0.05) is 17.5 Å². The van der Waals surface area contributed by atoms with Gasteiger partial charge in [-0.2, -0.15) is 0 Å². The number of nitrogens with one attached hydrogen (secondary N) is 1. The van der Waals surface area contributed by atoms with Crippen LogP contribution in [-0.2, 0) is 4.79 Å². The zero-order valence-electron chi connectivity index (χ0n) is 9.16. The second kappa shape index (κ2) is 4.94. The summed E-state index contributed by atoms with van der Waals surface area (Å²) >= 11 is 0. The minimum Gasteiger partial charge on any atom is -0.395 e. The van der Waals surface area contributed by atoms with E-state index in [1.54, 1.807) is 6.08 Å². The van der Waals surface area contributed by atoms with Crippen LogP contribution >= 0.6 is 0 Å². The zero-order chi connectivity index (χ0) is 11.3. The minimum atomic E-state index is -0.150. The lowest BCUT2D eigenvalue weighted by atomic mass is 9.93. The Morgan fingerprint density at radius 2 is 2.20 bits per heavy atom. The second-order valence-corrected chi connectivity index (χ2v) is 4.12. The molecule has 15 heavy (non-hydrogen) atoms. The van der Waals surface area contributed by atoms with E-state index in [1.165, 1.54) is 0 Å². The predicted molar refractivity (Wildman–Crippen MR) is 60.2 cm³/mol. The fourth-order valence-corrected chi connectivity index (χ4v) is 1.24. The molecule has 0 bridgehead atoms. The molecule has 0 unspecified atom stereocenters. The summed E-state index contributed by atoms with van der Waals surface area (Å²) in [5, 5.41) is 11.2. The van der Waals surface area contributed by atoms with Gasteiger partial charge in [0.25, 0.3) is 5.91 Å². The molecule has 0 saturated carbocycles. The van der Waals surface area contributed by atoms with Crippen molar-refractivity contribution in [1.82, 2.24) is 5.32 Å². The van der Waals surface area contributed by atoms with Crippen LogP contribution in [0.5, 0.6) is 0 Å². The lowest BCUT2D eigenvalue weighted by molar-refractivity contribution is -0.117. The molecule has 0 spiro atoms. The molecule has 3 nitrogen and oxygen atoms in total. The molecule has 0 heterocycles. The molecule has 1 aliphatic carbocycles. The Balaban J connectivity index is 2.69. The molecule has 0 radical (unpaired) electrons. The lowest BCUT2D eigenvalue weighted by Crippen LogP contribution is -2.27. The van der Waals surface area contributed by atoms with Crippen LogP contribution in [0.25, 0.3) is 0 Å². The van der Waals surface area contributed by atoms with E-state index in [9.17, 15) is 4.79 Å². The quantitative estimate of drug-likeness (QED) is 0.730. The third kappa shape index (κ3) is 3.72. The normalized spacial score (nSPS) is 18.2. The van der Waals surface area contributed by atoms with Crippen LogP contribution < -0.4 is 5.32 Å². The van der Waals surface area contributed by atoms with Gasteiger partial charge in [-0.25, -0.2) is 0 Å². The SMILES string of the molecule is CC1(C)C=CC=C(C(=O)NCCO)C=C1. The Morgan fingerprint density at radius 1 is 1.47 bits per heavy atom. The number of carbonyl (C=O) groups is 1. The lowest BCUT2D eigenvalue weighted by Gasteiger charge is -2.12. The van der Waals surface area contributed by atoms with Gasteiger partial charge in [-0.15, -0.1) is 0 Å². The molecule has 1 aliphatic rings. The summed E-state index contributed by atoms with van der Waals surface area (Å²) in [5.74, 6) is -0.150. The smallest absolute Gasteiger partial charge is 0.251 e. The van der Waals surface area contributed by atoms with Crippen LogP contribution in [0.15, 0.2) is 36.0 Å². The van der Waals surface area contributed by atoms with Gasteiger partial charge in [0.15, 0.2) is 0 Å². The summed E-state index contributed by atoms with van der Waals surface area (Å²) in [4.78, 5) is 11.5. The third-order valence-electron chi connectivity index (χ3n) is 2.15. The molecule has 0 aromatic heterocycles. The van der Waals surface area contributed by atoms with Crippen molar-refractivity contribution in [2.45, 2.75) is 13.8 Å². The molecule has 0 aliphatic heterocycles. The predicted octanol–water partition coefficient (Wildman–Crippen LogP) is 1.17. The molecule has 0 aromatic carbocycles. The first-order chi connectivity index (χ1) is 7.05. The number of hydrogen-bond acceptors (Lipinski definition) is 2. The number of amides is 1. The Bertz CT molecular complexity index is 325. The number of carbonyl (C=O) groups excluding carboxylic acids is 1. The molecule has 0 aromatic rings. The number of hydrogen-bond donors (Lipinski definition) is 2. The van der Waals surface area contributed by atoms with E-state index in [-0.39, 0.29) is 24.5 Å². The fraction of sp³-hybridized carbons (Fsp3) is 0.417. The Kier molecular flexibility index (Phi) is 3.86. The highest BCUT2D eigenvalue weighted by molar-refractivity contribution is 5.96. The van der Waals surface area contributed by atoms with Gasteiger partial charge in [-0.05, 0) is 6.08 Å². The minimum absolute atomic E-state index is 0.0183. The van der Waals surface area contributed by atoms with Crippen LogP contribution in [-0.4, -0.2) is 24.2 Å². The van der Waals surface area contributed by atoms with Gasteiger partial charge in [-0.3, -0.25) is 4.79 Å². The van der Waals surface area contributed by atoms with Gasteiger partial charge in [-0.1, -0.05) is 38.2 Å². The first-order valence-corrected chi connectivity index (χ1v) is 5.03. The summed E-state index contributed by atoms with van der Waals surface area (Å²) in [6.45, 7) is 4.39. The zero-order valence-corrected chi connectivity index (χ0v) is 9.16. The maximum atomic E-state index is 11.5. The molecule has 1 rings (SSSR count). The van der Waals surface area contributed by atoms with Crippen LogP contribution in [0.2, 0.25) is 0 Å². The van der Waals surface area contributed by atoms with Crippen LogP contribution in [0.3, 0.4) is 0 Å². The summed E-state index contributed by atoms with van der Waals surface area (Å²) in [6.07, 6.45) is 9.50. The first kappa shape index (κ1) is 11.7. The Hall–Kier alpha value is -1.35. The summed E-state index contributed by atoms with van der Waals surface area (Å²) in [7, 11) is 0. The van der Waals surface area contributed by atoms with Crippen molar-refractivity contribution in [2.75, 3.05) is 13.2 Å². The highest BCUT2D eigenvalue weighted by atomic mass is 16.3. The van der Waals surface area contributed by atoms with E-state index in [1.807, 2.05) is 24.3 Å². The molecule has 3 heteroatoms. The molecule has 82 valence electrons. The van der Waals surface area contributed by atoms with Crippen molar-refractivity contribution in [3.8, 4) is 0 Å². The van der Waals surface area contributed by atoms with Gasteiger partial charge < -0.3 is 10.4 Å². The van der Waals surface area contributed by atoms with Crippen molar-refractivity contribution in [1.29, 1.82) is 0 Å². The van der Waals surface area contributed by atoms with Gasteiger partial charge in [0.05, 0.1) is 6.61 Å². The van der Waals surface area contributed by atoms with E-state index in [2.05, 4.69) is 19.2 Å². The van der Waals surface area contributed by atoms with Crippen molar-refractivity contribution in [3.63, 3.8) is 0 Å². The number of allylic oxidation sites excluding steroid dienone is 4. The first-order valence-electron chi connectivity index (χ1n) is 5.03. The topological polar surface area (TPSA) is 49.3 Å². The molecule has 2 N–H and O–H groups in total. The van der Waals surface area contributed by atoms with E-state index >= 15 is 0 Å². The average molecular weight is 207 g/mol. The highest BCUT2D eigenvalue weighted by Crippen LogP contribution is 2.22.